The summed E-state index contributed by atoms with van der Waals surface area (Å²) in [6.07, 6.45) is 12.4. The van der Waals surface area contributed by atoms with Crippen LogP contribution in [0.25, 0.3) is 11.1 Å². The van der Waals surface area contributed by atoms with Crippen molar-refractivity contribution in [3.05, 3.63) is 103 Å². The van der Waals surface area contributed by atoms with E-state index < -0.39 is 14.0 Å². The summed E-state index contributed by atoms with van der Waals surface area (Å²) in [5.41, 5.74) is 9.15. The number of hydrogen-bond donors (Lipinski definition) is 0. The predicted molar refractivity (Wildman–Crippen MR) is 157 cm³/mol. The molecule has 0 bridgehead atoms. The molecular weight excluding hydrogens is 507 g/mol. The van der Waals surface area contributed by atoms with Crippen molar-refractivity contribution >= 4 is 43.6 Å². The van der Waals surface area contributed by atoms with Gasteiger partial charge in [0.25, 0.3) is 0 Å². The van der Waals surface area contributed by atoms with Crippen LogP contribution in [0.2, 0.25) is 10.5 Å². The minimum absolute atomic E-state index is 0. The minimum atomic E-state index is -3.16. The van der Waals surface area contributed by atoms with E-state index in [1.54, 1.807) is 18.9 Å². The van der Waals surface area contributed by atoms with Gasteiger partial charge in [0.15, 0.2) is 0 Å². The van der Waals surface area contributed by atoms with Gasteiger partial charge in [-0.25, -0.2) is 0 Å². The maximum absolute atomic E-state index is 3.16. The van der Waals surface area contributed by atoms with Crippen molar-refractivity contribution in [2.45, 2.75) is 62.8 Å². The van der Waals surface area contributed by atoms with Crippen LogP contribution in [0.5, 0.6) is 0 Å². The van der Waals surface area contributed by atoms with Gasteiger partial charge in [0.1, 0.15) is 0 Å². The molecule has 0 spiro atoms. The smallest absolute Gasteiger partial charge is 0.147 e. The molecule has 0 aromatic heterocycles. The number of benzene rings is 2. The first-order chi connectivity index (χ1) is 15.3. The van der Waals surface area contributed by atoms with Gasteiger partial charge in [-0.15, -0.1) is 24.8 Å². The van der Waals surface area contributed by atoms with Gasteiger partial charge in [-0.3, -0.25) is 0 Å². The van der Waals surface area contributed by atoms with E-state index in [1.165, 1.54) is 60.8 Å². The van der Waals surface area contributed by atoms with E-state index in [0.717, 1.165) is 0 Å². The Balaban J connectivity index is 0.00000204. The van der Waals surface area contributed by atoms with E-state index in [-0.39, 0.29) is 24.8 Å². The largest absolute Gasteiger partial charge is 0.147 e. The van der Waals surface area contributed by atoms with Gasteiger partial charge in [0.05, 0.1) is 0 Å². The summed E-state index contributed by atoms with van der Waals surface area (Å²) in [5.74, 6) is 0. The molecule has 0 N–H and O–H groups in total. The molecule has 4 heteroatoms. The molecule has 0 radical (unpaired) electrons. The Morgan fingerprint density at radius 2 is 1.00 bits per heavy atom. The summed E-state index contributed by atoms with van der Waals surface area (Å²) in [5, 5.41) is 5.38. The summed E-state index contributed by atoms with van der Waals surface area (Å²) in [7, 11) is 2.40. The second kappa shape index (κ2) is 11.8. The Labute approximate surface area is 222 Å². The molecule has 0 amide bonds. The predicted octanol–water partition coefficient (Wildman–Crippen LogP) is 9.25. The third kappa shape index (κ3) is 5.82. The van der Waals surface area contributed by atoms with E-state index in [2.05, 4.69) is 105 Å². The first-order valence-electron chi connectivity index (χ1n) is 12.4. The van der Waals surface area contributed by atoms with Crippen molar-refractivity contribution in [1.82, 2.24) is 0 Å². The van der Waals surface area contributed by atoms with E-state index in [0.29, 0.717) is 0 Å². The van der Waals surface area contributed by atoms with Crippen LogP contribution >= 0.6 is 24.8 Å². The van der Waals surface area contributed by atoms with Gasteiger partial charge < -0.3 is 0 Å². The Kier molecular flexibility index (Phi) is 10.1. The summed E-state index contributed by atoms with van der Waals surface area (Å²) in [6.45, 7) is 4.62. The summed E-state index contributed by atoms with van der Waals surface area (Å²) in [4.78, 5) is 0. The van der Waals surface area contributed by atoms with Crippen molar-refractivity contribution < 1.29 is 14.0 Å². The zero-order valence-electron chi connectivity index (χ0n) is 21.2. The molecule has 0 saturated heterocycles. The van der Waals surface area contributed by atoms with Crippen molar-refractivity contribution in [3.63, 3.8) is 0 Å². The van der Waals surface area contributed by atoms with Gasteiger partial charge >= 0.3 is 198 Å². The second-order valence-corrected chi connectivity index (χ2v) is 29.7. The molecule has 2 aliphatic carbocycles. The molecule has 0 nitrogen and oxygen atoms in total. The van der Waals surface area contributed by atoms with E-state index >= 15 is 0 Å². The Morgan fingerprint density at radius 3 is 1.32 bits per heavy atom. The van der Waals surface area contributed by atoms with E-state index in [4.69, 9.17) is 0 Å². The van der Waals surface area contributed by atoms with Crippen LogP contribution in [0.1, 0.15) is 63.5 Å². The van der Waals surface area contributed by atoms with Crippen LogP contribution in [0.4, 0.5) is 0 Å². The molecule has 0 unspecified atom stereocenters. The molecule has 2 aromatic rings. The van der Waals surface area contributed by atoms with Crippen molar-refractivity contribution in [2.24, 2.45) is 0 Å². The number of allylic oxidation sites excluding steroid dienone is 8. The summed E-state index contributed by atoms with van der Waals surface area (Å²) < 4.78 is 3.56. The van der Waals surface area contributed by atoms with Crippen LogP contribution in [-0.4, -0.2) is 7.63 Å². The average molecular weight is 548 g/mol. The molecule has 2 aliphatic rings. The number of hydrogen-bond acceptors (Lipinski definition) is 0. The molecule has 0 saturated carbocycles. The average Bonchev–Trinajstić information content (AvgIpc) is 3.42. The molecule has 4 rings (SSSR count). The SMILES string of the molecule is CCCC1=CC(c2ccccc2)=[C]([Ti]([CH3])([CH3])(=[SiH2])[C]2=C(c3ccccc3)C=C(CCC)C2)C1.Cl.Cl. The maximum Gasteiger partial charge on any atom is -0.147 e. The standard InChI is InChI=1S/2C14H15.2CH3.2ClH.H2Si.Ti/c2*1-2-6-12-9-10-14(11-12)13-7-4-3-5-8-13;;;;;;/h2*3-5,7-8,11H,2,6,9H2,1H3;2*1H3;2*1H;1H2;. The number of halogens is 2. The zero-order valence-corrected chi connectivity index (χ0v) is 25.8. The van der Waals surface area contributed by atoms with E-state index in [9.17, 15) is 0 Å². The van der Waals surface area contributed by atoms with Crippen LogP contribution in [0.15, 0.2) is 91.7 Å². The molecule has 0 fully saturated rings. The van der Waals surface area contributed by atoms with Gasteiger partial charge in [-0.2, -0.15) is 0 Å². The molecule has 182 valence electrons. The molecule has 2 aromatic carbocycles. The van der Waals surface area contributed by atoms with Gasteiger partial charge in [-0.05, 0) is 0 Å². The topological polar surface area (TPSA) is 0 Å². The third-order valence-corrected chi connectivity index (χ3v) is 18.4. The maximum atomic E-state index is 2.69. The number of rotatable bonds is 8. The molecule has 0 aliphatic heterocycles. The molecular formula is C30H40Cl2SiTi. The normalized spacial score (nSPS) is 16.1. The van der Waals surface area contributed by atoms with Crippen molar-refractivity contribution in [1.29, 1.82) is 0 Å². The van der Waals surface area contributed by atoms with Crippen molar-refractivity contribution in [2.75, 3.05) is 0 Å². The first kappa shape index (κ1) is 29.1. The van der Waals surface area contributed by atoms with Crippen LogP contribution < -0.4 is 0 Å². The quantitative estimate of drug-likeness (QED) is 0.289. The third-order valence-electron chi connectivity index (χ3n) is 7.40. The van der Waals surface area contributed by atoms with Gasteiger partial charge in [0.2, 0.25) is 0 Å². The minimum Gasteiger partial charge on any atom is -0.147 e. The van der Waals surface area contributed by atoms with Crippen LogP contribution in [0.3, 0.4) is 0 Å². The fourth-order valence-electron chi connectivity index (χ4n) is 5.66. The molecule has 0 heterocycles. The fraction of sp³-hybridized carbons (Fsp3) is 0.333. The van der Waals surface area contributed by atoms with Crippen LogP contribution in [0, 0.1) is 0 Å². The summed E-state index contributed by atoms with van der Waals surface area (Å²) in [6, 6.07) is 22.3. The molecule has 34 heavy (non-hydrogen) atoms. The zero-order chi connectivity index (χ0) is 22.8. The van der Waals surface area contributed by atoms with Crippen molar-refractivity contribution in [3.8, 4) is 0 Å². The fourth-order valence-corrected chi connectivity index (χ4v) is 14.7. The first-order valence-corrected chi connectivity index (χ1v) is 21.1. The molecule has 0 atom stereocenters. The van der Waals surface area contributed by atoms with Gasteiger partial charge in [-0.1, -0.05) is 0 Å². The van der Waals surface area contributed by atoms with Crippen LogP contribution in [-0.2, 0) is 14.0 Å². The Hall–Kier alpha value is -1.09. The Bertz CT molecular complexity index is 1110. The Morgan fingerprint density at radius 1 is 0.647 bits per heavy atom. The van der Waals surface area contributed by atoms with E-state index in [1.807, 2.05) is 0 Å². The second-order valence-electron chi connectivity index (χ2n) is 10.7. The van der Waals surface area contributed by atoms with Gasteiger partial charge in [0, 0.05) is 0 Å². The summed E-state index contributed by atoms with van der Waals surface area (Å²) >= 11 is -3.16. The monoisotopic (exact) mass is 546 g/mol.